The summed E-state index contributed by atoms with van der Waals surface area (Å²) in [5.74, 6) is 0.582. The Labute approximate surface area is 107 Å². The Morgan fingerprint density at radius 2 is 1.89 bits per heavy atom. The van der Waals surface area contributed by atoms with Crippen LogP contribution in [-0.2, 0) is 6.54 Å². The first-order valence-electron chi connectivity index (χ1n) is 4.96. The molecule has 100 valence electrons. The topological polar surface area (TPSA) is 29.5 Å². The van der Waals surface area contributed by atoms with Crippen LogP contribution in [0.5, 0.6) is 5.75 Å². The van der Waals surface area contributed by atoms with Gasteiger partial charge in [0.15, 0.2) is 0 Å². The Hall–Kier alpha value is -1.43. The zero-order chi connectivity index (χ0) is 13.8. The first kappa shape index (κ1) is 14.6. The summed E-state index contributed by atoms with van der Waals surface area (Å²) in [5, 5.41) is -1.14. The van der Waals surface area contributed by atoms with Gasteiger partial charge in [0.2, 0.25) is 0 Å². The van der Waals surface area contributed by atoms with Crippen LogP contribution in [-0.4, -0.2) is 30.1 Å². The number of nitrogens with zero attached hydrogens (tertiary/aromatic N) is 1. The highest BCUT2D eigenvalue weighted by Crippen LogP contribution is 2.20. The number of ether oxygens (including phenoxy) is 1. The lowest BCUT2D eigenvalue weighted by molar-refractivity contribution is -0.139. The molecule has 3 nitrogen and oxygen atoms in total. The van der Waals surface area contributed by atoms with E-state index < -0.39 is 18.1 Å². The molecule has 0 fully saturated rings. The number of halogens is 4. The average molecular weight is 282 g/mol. The Kier molecular flexibility index (Phi) is 4.84. The van der Waals surface area contributed by atoms with Crippen molar-refractivity contribution in [1.29, 1.82) is 0 Å². The van der Waals surface area contributed by atoms with Gasteiger partial charge >= 0.3 is 11.5 Å². The van der Waals surface area contributed by atoms with Crippen LogP contribution in [0.2, 0.25) is 0 Å². The van der Waals surface area contributed by atoms with Gasteiger partial charge in [-0.2, -0.15) is 13.2 Å². The first-order valence-corrected chi connectivity index (χ1v) is 5.33. The van der Waals surface area contributed by atoms with Crippen LogP contribution in [0.25, 0.3) is 0 Å². The quantitative estimate of drug-likeness (QED) is 0.625. The van der Waals surface area contributed by atoms with Crippen molar-refractivity contribution in [3.05, 3.63) is 29.8 Å². The summed E-state index contributed by atoms with van der Waals surface area (Å²) in [5.41, 5.74) is 0.536. The maximum absolute atomic E-state index is 12.2. The molecule has 0 aliphatic heterocycles. The Balaban J connectivity index is 2.74. The van der Waals surface area contributed by atoms with Crippen molar-refractivity contribution < 1.29 is 22.7 Å². The number of hydrogen-bond acceptors (Lipinski definition) is 2. The van der Waals surface area contributed by atoms with E-state index in [1.807, 2.05) is 0 Å². The lowest BCUT2D eigenvalue weighted by Gasteiger charge is -2.21. The molecule has 0 saturated heterocycles. The van der Waals surface area contributed by atoms with Gasteiger partial charge in [0.1, 0.15) is 12.3 Å². The molecular formula is C11H11ClF3NO2. The van der Waals surface area contributed by atoms with E-state index in [2.05, 4.69) is 0 Å². The van der Waals surface area contributed by atoms with Gasteiger partial charge < -0.3 is 9.64 Å². The van der Waals surface area contributed by atoms with Crippen molar-refractivity contribution in [1.82, 2.24) is 4.90 Å². The fourth-order valence-corrected chi connectivity index (χ4v) is 1.47. The minimum Gasteiger partial charge on any atom is -0.497 e. The van der Waals surface area contributed by atoms with Gasteiger partial charge in [-0.15, -0.1) is 0 Å². The monoisotopic (exact) mass is 281 g/mol. The van der Waals surface area contributed by atoms with E-state index in [1.54, 1.807) is 24.3 Å². The molecule has 0 aliphatic carbocycles. The van der Waals surface area contributed by atoms with E-state index in [-0.39, 0.29) is 6.54 Å². The number of rotatable bonds is 4. The predicted molar refractivity (Wildman–Crippen MR) is 60.7 cm³/mol. The van der Waals surface area contributed by atoms with E-state index in [4.69, 9.17) is 16.3 Å². The van der Waals surface area contributed by atoms with Gasteiger partial charge in [0.25, 0.3) is 0 Å². The molecule has 1 amide bonds. The second kappa shape index (κ2) is 5.95. The normalized spacial score (nSPS) is 11.2. The highest BCUT2D eigenvalue weighted by Gasteiger charge is 2.32. The smallest absolute Gasteiger partial charge is 0.406 e. The van der Waals surface area contributed by atoms with Crippen LogP contribution in [0.15, 0.2) is 24.3 Å². The van der Waals surface area contributed by atoms with Crippen molar-refractivity contribution >= 4 is 17.0 Å². The molecule has 0 spiro atoms. The van der Waals surface area contributed by atoms with Crippen LogP contribution in [0.3, 0.4) is 0 Å². The average Bonchev–Trinajstić information content (AvgIpc) is 2.27. The SMILES string of the molecule is COc1ccc(CN(CC(F)(F)F)C(=O)Cl)cc1. The molecular weight excluding hydrogens is 271 g/mol. The molecule has 18 heavy (non-hydrogen) atoms. The minimum atomic E-state index is -4.48. The molecule has 1 aromatic carbocycles. The molecule has 0 radical (unpaired) electrons. The zero-order valence-corrected chi connectivity index (χ0v) is 10.3. The number of amides is 1. The summed E-state index contributed by atoms with van der Waals surface area (Å²) in [6, 6.07) is 6.34. The highest BCUT2D eigenvalue weighted by atomic mass is 35.5. The Bertz CT molecular complexity index is 406. The van der Waals surface area contributed by atoms with Crippen molar-refractivity contribution in [3.63, 3.8) is 0 Å². The molecule has 1 aromatic rings. The number of benzene rings is 1. The summed E-state index contributed by atoms with van der Waals surface area (Å²) in [6.45, 7) is -1.58. The van der Waals surface area contributed by atoms with E-state index in [0.717, 1.165) is 0 Å². The fourth-order valence-electron chi connectivity index (χ4n) is 1.35. The van der Waals surface area contributed by atoms with Crippen molar-refractivity contribution in [2.24, 2.45) is 0 Å². The van der Waals surface area contributed by atoms with E-state index in [0.29, 0.717) is 16.2 Å². The predicted octanol–water partition coefficient (Wildman–Crippen LogP) is 3.42. The number of carbonyl (C=O) groups is 1. The van der Waals surface area contributed by atoms with E-state index in [1.165, 1.54) is 7.11 Å². The number of hydrogen-bond donors (Lipinski definition) is 0. The van der Waals surface area contributed by atoms with E-state index in [9.17, 15) is 18.0 Å². The van der Waals surface area contributed by atoms with Crippen LogP contribution in [0, 0.1) is 0 Å². The van der Waals surface area contributed by atoms with Crippen LogP contribution in [0.4, 0.5) is 18.0 Å². The molecule has 0 N–H and O–H groups in total. The van der Waals surface area contributed by atoms with Gasteiger partial charge in [0.05, 0.1) is 7.11 Å². The van der Waals surface area contributed by atoms with Gasteiger partial charge in [-0.25, -0.2) is 0 Å². The van der Waals surface area contributed by atoms with Crippen LogP contribution in [0.1, 0.15) is 5.56 Å². The summed E-state index contributed by atoms with van der Waals surface area (Å²) >= 11 is 5.12. The summed E-state index contributed by atoms with van der Waals surface area (Å²) in [7, 11) is 1.48. The number of methoxy groups -OCH3 is 1. The fraction of sp³-hybridized carbons (Fsp3) is 0.364. The first-order chi connectivity index (χ1) is 8.31. The third-order valence-electron chi connectivity index (χ3n) is 2.15. The van der Waals surface area contributed by atoms with Gasteiger partial charge in [-0.3, -0.25) is 4.79 Å². The molecule has 1 rings (SSSR count). The number of alkyl halides is 3. The van der Waals surface area contributed by atoms with Gasteiger partial charge in [-0.05, 0) is 29.3 Å². The standard InChI is InChI=1S/C11H11ClF3NO2/c1-18-9-4-2-8(3-5-9)6-16(10(12)17)7-11(13,14)15/h2-5H,6-7H2,1H3. The second-order valence-corrected chi connectivity index (χ2v) is 3.90. The third kappa shape index (κ3) is 4.83. The molecule has 0 saturated carbocycles. The summed E-state index contributed by atoms with van der Waals surface area (Å²) in [4.78, 5) is 11.4. The molecule has 0 bridgehead atoms. The van der Waals surface area contributed by atoms with Crippen LogP contribution >= 0.6 is 11.6 Å². The van der Waals surface area contributed by atoms with E-state index >= 15 is 0 Å². The third-order valence-corrected chi connectivity index (χ3v) is 2.39. The summed E-state index contributed by atoms with van der Waals surface area (Å²) < 4.78 is 41.6. The lowest BCUT2D eigenvalue weighted by atomic mass is 10.2. The lowest BCUT2D eigenvalue weighted by Crippen LogP contribution is -2.35. The largest absolute Gasteiger partial charge is 0.497 e. The molecule has 0 aliphatic rings. The minimum absolute atomic E-state index is 0.203. The summed E-state index contributed by atoms with van der Waals surface area (Å²) in [6.07, 6.45) is -4.48. The van der Waals surface area contributed by atoms with Gasteiger partial charge in [0, 0.05) is 6.54 Å². The molecule has 0 atom stereocenters. The van der Waals surface area contributed by atoms with Gasteiger partial charge in [-0.1, -0.05) is 12.1 Å². The van der Waals surface area contributed by atoms with Crippen LogP contribution < -0.4 is 4.74 Å². The highest BCUT2D eigenvalue weighted by molar-refractivity contribution is 6.62. The molecule has 0 unspecified atom stereocenters. The van der Waals surface area contributed by atoms with Crippen molar-refractivity contribution in [3.8, 4) is 5.75 Å². The molecule has 0 aromatic heterocycles. The zero-order valence-electron chi connectivity index (χ0n) is 9.50. The van der Waals surface area contributed by atoms with Crippen molar-refractivity contribution in [2.45, 2.75) is 12.7 Å². The molecule has 0 heterocycles. The van der Waals surface area contributed by atoms with Crippen molar-refractivity contribution in [2.75, 3.05) is 13.7 Å². The Morgan fingerprint density at radius 3 is 2.28 bits per heavy atom. The maximum atomic E-state index is 12.2. The maximum Gasteiger partial charge on any atom is 0.406 e. The number of carbonyl (C=O) groups excluding carboxylic acids is 1. The Morgan fingerprint density at radius 1 is 1.33 bits per heavy atom. The second-order valence-electron chi connectivity index (χ2n) is 3.57. The molecule has 7 heteroatoms.